The van der Waals surface area contributed by atoms with Gasteiger partial charge in [0.2, 0.25) is 5.91 Å². The molecule has 3 heterocycles. The lowest BCUT2D eigenvalue weighted by Crippen LogP contribution is -2.34. The number of alkyl halides is 3. The molecule has 0 spiro atoms. The highest BCUT2D eigenvalue weighted by molar-refractivity contribution is 6.01. The van der Waals surface area contributed by atoms with Crippen molar-refractivity contribution in [2.75, 3.05) is 29.9 Å². The Balaban J connectivity index is 1.26. The van der Waals surface area contributed by atoms with Gasteiger partial charge in [0.25, 0.3) is 0 Å². The van der Waals surface area contributed by atoms with Gasteiger partial charge in [-0.05, 0) is 55.5 Å². The molecule has 4 rings (SSSR count). The highest BCUT2D eigenvalue weighted by Gasteiger charge is 2.31. The zero-order valence-corrected chi connectivity index (χ0v) is 17.7. The van der Waals surface area contributed by atoms with Gasteiger partial charge in [-0.15, -0.1) is 0 Å². The summed E-state index contributed by atoms with van der Waals surface area (Å²) in [5.74, 6) is 1.69. The number of benzene rings is 1. The summed E-state index contributed by atoms with van der Waals surface area (Å²) in [5, 5.41) is 3.70. The van der Waals surface area contributed by atoms with Crippen molar-refractivity contribution in [1.82, 2.24) is 9.97 Å². The van der Waals surface area contributed by atoms with Crippen molar-refractivity contribution in [3.05, 3.63) is 48.3 Å². The number of carbonyl (C=O) groups excluding carboxylic acids is 1. The summed E-state index contributed by atoms with van der Waals surface area (Å²) in [4.78, 5) is 20.5. The summed E-state index contributed by atoms with van der Waals surface area (Å²) < 4.78 is 44.0. The second kappa shape index (κ2) is 9.10. The minimum atomic E-state index is -4.37. The Kier molecular flexibility index (Phi) is 6.25. The van der Waals surface area contributed by atoms with E-state index in [1.54, 1.807) is 6.20 Å². The highest BCUT2D eigenvalue weighted by atomic mass is 19.4. The van der Waals surface area contributed by atoms with Crippen molar-refractivity contribution < 1.29 is 22.7 Å². The van der Waals surface area contributed by atoms with Crippen LogP contribution in [0.5, 0.6) is 5.75 Å². The first-order valence-corrected chi connectivity index (χ1v) is 10.6. The lowest BCUT2D eigenvalue weighted by atomic mass is 9.94. The van der Waals surface area contributed by atoms with E-state index < -0.39 is 11.7 Å². The number of halogens is 3. The van der Waals surface area contributed by atoms with Crippen LogP contribution in [0.1, 0.15) is 31.7 Å². The van der Waals surface area contributed by atoms with Crippen LogP contribution in [0, 0.1) is 5.92 Å². The van der Waals surface area contributed by atoms with E-state index in [-0.39, 0.29) is 5.91 Å². The van der Waals surface area contributed by atoms with Crippen LogP contribution < -0.4 is 15.0 Å². The van der Waals surface area contributed by atoms with Crippen molar-refractivity contribution in [3.63, 3.8) is 0 Å². The fraction of sp³-hybridized carbons (Fsp3) is 0.391. The predicted molar refractivity (Wildman–Crippen MR) is 117 cm³/mol. The van der Waals surface area contributed by atoms with E-state index in [0.29, 0.717) is 18.3 Å². The summed E-state index contributed by atoms with van der Waals surface area (Å²) >= 11 is 0. The number of aromatic amines is 1. The SMILES string of the molecule is CC(=O)Nc1c[nH]c2ccc(OCCC3CCN(c4ccc(C(F)(F)F)cn4)CC3)cc12. The number of piperidine rings is 1. The van der Waals surface area contributed by atoms with Gasteiger partial charge in [-0.3, -0.25) is 4.79 Å². The molecule has 32 heavy (non-hydrogen) atoms. The molecule has 0 aliphatic carbocycles. The minimum Gasteiger partial charge on any atom is -0.494 e. The number of aromatic nitrogens is 2. The van der Waals surface area contributed by atoms with E-state index >= 15 is 0 Å². The molecule has 1 fully saturated rings. The third-order valence-electron chi connectivity index (χ3n) is 5.77. The quantitative estimate of drug-likeness (QED) is 0.544. The first kappa shape index (κ1) is 22.0. The molecule has 1 aromatic carbocycles. The summed E-state index contributed by atoms with van der Waals surface area (Å²) in [6.45, 7) is 3.57. The Morgan fingerprint density at radius 2 is 2.03 bits per heavy atom. The Morgan fingerprint density at radius 1 is 1.25 bits per heavy atom. The van der Waals surface area contributed by atoms with Crippen LogP contribution in [0.2, 0.25) is 0 Å². The Labute approximate surface area is 183 Å². The van der Waals surface area contributed by atoms with Gasteiger partial charge < -0.3 is 19.9 Å². The van der Waals surface area contributed by atoms with Gasteiger partial charge in [0.05, 0.1) is 17.9 Å². The van der Waals surface area contributed by atoms with Crippen molar-refractivity contribution in [2.24, 2.45) is 5.92 Å². The van der Waals surface area contributed by atoms with Crippen LogP contribution >= 0.6 is 0 Å². The summed E-state index contributed by atoms with van der Waals surface area (Å²) in [7, 11) is 0. The van der Waals surface area contributed by atoms with E-state index in [2.05, 4.69) is 15.3 Å². The molecule has 1 amide bonds. The predicted octanol–water partition coefficient (Wildman–Crippen LogP) is 5.23. The first-order valence-electron chi connectivity index (χ1n) is 10.6. The second-order valence-electron chi connectivity index (χ2n) is 8.06. The van der Waals surface area contributed by atoms with Crippen molar-refractivity contribution in [3.8, 4) is 5.75 Å². The molecule has 0 atom stereocenters. The average Bonchev–Trinajstić information content (AvgIpc) is 3.15. The summed E-state index contributed by atoms with van der Waals surface area (Å²) in [6.07, 6.45) is 1.07. The van der Waals surface area contributed by atoms with Crippen molar-refractivity contribution in [1.29, 1.82) is 0 Å². The molecule has 6 nitrogen and oxygen atoms in total. The molecule has 0 radical (unpaired) electrons. The van der Waals surface area contributed by atoms with Crippen LogP contribution in [0.3, 0.4) is 0 Å². The van der Waals surface area contributed by atoms with Gasteiger partial charge in [-0.25, -0.2) is 4.98 Å². The molecule has 3 aromatic rings. The number of nitrogens with zero attached hydrogens (tertiary/aromatic N) is 2. The van der Waals surface area contributed by atoms with Crippen LogP contribution in [-0.2, 0) is 11.0 Å². The van der Waals surface area contributed by atoms with Gasteiger partial charge in [0.1, 0.15) is 11.6 Å². The van der Waals surface area contributed by atoms with Crippen LogP contribution in [0.4, 0.5) is 24.7 Å². The fourth-order valence-electron chi connectivity index (χ4n) is 4.02. The molecule has 0 bridgehead atoms. The number of amides is 1. The molecule has 9 heteroatoms. The van der Waals surface area contributed by atoms with Gasteiger partial charge >= 0.3 is 6.18 Å². The molecule has 2 aromatic heterocycles. The van der Waals surface area contributed by atoms with E-state index in [4.69, 9.17) is 4.74 Å². The maximum Gasteiger partial charge on any atom is 0.417 e. The third-order valence-corrected chi connectivity index (χ3v) is 5.77. The maximum atomic E-state index is 12.7. The maximum absolute atomic E-state index is 12.7. The van der Waals surface area contributed by atoms with Gasteiger partial charge in [-0.2, -0.15) is 13.2 Å². The number of hydrogen-bond donors (Lipinski definition) is 2. The highest BCUT2D eigenvalue weighted by Crippen LogP contribution is 2.31. The minimum absolute atomic E-state index is 0.130. The van der Waals surface area contributed by atoms with Crippen LogP contribution in [-0.4, -0.2) is 35.6 Å². The van der Waals surface area contributed by atoms with Gasteiger partial charge in [0.15, 0.2) is 0 Å². The molecular weight excluding hydrogens is 421 g/mol. The largest absolute Gasteiger partial charge is 0.494 e. The number of pyridine rings is 1. The second-order valence-corrected chi connectivity index (χ2v) is 8.06. The van der Waals surface area contributed by atoms with E-state index in [9.17, 15) is 18.0 Å². The number of ether oxygens (including phenoxy) is 1. The smallest absolute Gasteiger partial charge is 0.417 e. The average molecular weight is 446 g/mol. The Hall–Kier alpha value is -3.23. The lowest BCUT2D eigenvalue weighted by Gasteiger charge is -2.32. The molecule has 2 N–H and O–H groups in total. The van der Waals surface area contributed by atoms with Crippen LogP contribution in [0.15, 0.2) is 42.7 Å². The number of anilines is 2. The molecule has 1 saturated heterocycles. The number of fused-ring (bicyclic) bond motifs is 1. The van der Waals surface area contributed by atoms with E-state index in [1.165, 1.54) is 13.0 Å². The van der Waals surface area contributed by atoms with E-state index in [1.807, 2.05) is 23.1 Å². The van der Waals surface area contributed by atoms with Crippen molar-refractivity contribution in [2.45, 2.75) is 32.4 Å². The van der Waals surface area contributed by atoms with Crippen LogP contribution in [0.25, 0.3) is 10.9 Å². The Bertz CT molecular complexity index is 1070. The lowest BCUT2D eigenvalue weighted by molar-refractivity contribution is -0.137. The molecular formula is C23H25F3N4O2. The number of rotatable bonds is 6. The zero-order valence-electron chi connectivity index (χ0n) is 17.7. The van der Waals surface area contributed by atoms with Crippen molar-refractivity contribution >= 4 is 28.3 Å². The zero-order chi connectivity index (χ0) is 22.7. The molecule has 170 valence electrons. The normalized spacial score (nSPS) is 15.2. The first-order chi connectivity index (χ1) is 15.3. The molecule has 0 saturated carbocycles. The summed E-state index contributed by atoms with van der Waals surface area (Å²) in [5.41, 5.74) is 0.919. The topological polar surface area (TPSA) is 70.2 Å². The monoisotopic (exact) mass is 446 g/mol. The van der Waals surface area contributed by atoms with Gasteiger partial charge in [-0.1, -0.05) is 0 Å². The fourth-order valence-corrected chi connectivity index (χ4v) is 4.02. The molecule has 1 aliphatic heterocycles. The number of nitrogens with one attached hydrogen (secondary N) is 2. The number of hydrogen-bond acceptors (Lipinski definition) is 4. The third kappa shape index (κ3) is 5.15. The Morgan fingerprint density at radius 3 is 2.69 bits per heavy atom. The number of H-pyrrole nitrogens is 1. The summed E-state index contributed by atoms with van der Waals surface area (Å²) in [6, 6.07) is 8.26. The molecule has 0 unspecified atom stereocenters. The number of carbonyl (C=O) groups is 1. The van der Waals surface area contributed by atoms with Gasteiger partial charge in [0, 0.05) is 43.3 Å². The van der Waals surface area contributed by atoms with E-state index in [0.717, 1.165) is 67.0 Å². The molecule has 1 aliphatic rings. The standard InChI is InChI=1S/C23H25F3N4O2/c1-15(31)29-21-14-27-20-4-3-18(12-19(20)21)32-11-8-16-6-9-30(10-7-16)22-5-2-17(13-28-22)23(24,25)26/h2-5,12-14,16,27H,6-11H2,1H3,(H,29,31).